The monoisotopic (exact) mass is 306 g/mol. The Morgan fingerprint density at radius 1 is 1.32 bits per heavy atom. The minimum Gasteiger partial charge on any atom is -0.465 e. The molecule has 0 aliphatic rings. The van der Waals surface area contributed by atoms with Gasteiger partial charge in [-0.2, -0.15) is 0 Å². The van der Waals surface area contributed by atoms with Crippen LogP contribution in [0, 0.1) is 5.92 Å². The van der Waals surface area contributed by atoms with Crippen molar-refractivity contribution >= 4 is 6.09 Å². The Labute approximate surface area is 132 Å². The third kappa shape index (κ3) is 7.24. The summed E-state index contributed by atoms with van der Waals surface area (Å²) in [4.78, 5) is 10.9. The normalized spacial score (nSPS) is 14.8. The topological polar surface area (TPSA) is 81.6 Å². The minimum absolute atomic E-state index is 0.346. The fourth-order valence-electron chi connectivity index (χ4n) is 2.30. The lowest BCUT2D eigenvalue weighted by Crippen LogP contribution is -2.48. The van der Waals surface area contributed by atoms with Gasteiger partial charge in [0.1, 0.15) is 0 Å². The number of amides is 1. The van der Waals surface area contributed by atoms with Gasteiger partial charge in [-0.25, -0.2) is 4.79 Å². The molecular weight excluding hydrogens is 280 g/mol. The largest absolute Gasteiger partial charge is 0.465 e. The smallest absolute Gasteiger partial charge is 0.404 e. The molecule has 0 aliphatic carbocycles. The van der Waals surface area contributed by atoms with Gasteiger partial charge >= 0.3 is 6.09 Å². The van der Waals surface area contributed by atoms with Crippen LogP contribution in [-0.4, -0.2) is 41.5 Å². The quantitative estimate of drug-likeness (QED) is 0.499. The second kappa shape index (κ2) is 9.97. The van der Waals surface area contributed by atoms with E-state index < -0.39 is 18.2 Å². The Balaban J connectivity index is 2.51. The van der Waals surface area contributed by atoms with Crippen molar-refractivity contribution in [2.45, 2.75) is 31.9 Å². The third-order valence-corrected chi connectivity index (χ3v) is 3.49. The second-order valence-corrected chi connectivity index (χ2v) is 5.60. The number of rotatable bonds is 10. The van der Waals surface area contributed by atoms with Crippen LogP contribution >= 0.6 is 0 Å². The van der Waals surface area contributed by atoms with Crippen molar-refractivity contribution in [1.82, 2.24) is 10.6 Å². The maximum Gasteiger partial charge on any atom is 0.404 e. The van der Waals surface area contributed by atoms with Gasteiger partial charge in [0.15, 0.2) is 0 Å². The molecule has 5 heteroatoms. The van der Waals surface area contributed by atoms with Gasteiger partial charge in [0.05, 0.1) is 12.1 Å². The van der Waals surface area contributed by atoms with Gasteiger partial charge in [0.25, 0.3) is 0 Å². The van der Waals surface area contributed by atoms with Crippen molar-refractivity contribution in [2.24, 2.45) is 5.92 Å². The van der Waals surface area contributed by atoms with E-state index in [1.165, 1.54) is 0 Å². The van der Waals surface area contributed by atoms with E-state index >= 15 is 0 Å². The van der Waals surface area contributed by atoms with E-state index in [0.717, 1.165) is 18.5 Å². The van der Waals surface area contributed by atoms with Crippen molar-refractivity contribution < 1.29 is 15.0 Å². The van der Waals surface area contributed by atoms with E-state index in [4.69, 9.17) is 5.11 Å². The summed E-state index contributed by atoms with van der Waals surface area (Å²) in [5.74, 6) is 0.435. The highest BCUT2D eigenvalue weighted by atomic mass is 16.4. The molecule has 122 valence electrons. The number of carboxylic acid groups (broad SMARTS) is 1. The van der Waals surface area contributed by atoms with Crippen LogP contribution in [0.25, 0.3) is 0 Å². The van der Waals surface area contributed by atoms with Crippen LogP contribution in [0.4, 0.5) is 4.79 Å². The molecule has 1 aromatic carbocycles. The predicted octanol–water partition coefficient (Wildman–Crippen LogP) is 2.03. The van der Waals surface area contributed by atoms with E-state index in [1.807, 2.05) is 36.4 Å². The zero-order valence-corrected chi connectivity index (χ0v) is 13.0. The molecule has 0 saturated heterocycles. The van der Waals surface area contributed by atoms with Gasteiger partial charge < -0.3 is 20.8 Å². The number of nitrogens with one attached hydrogen (secondary N) is 2. The highest BCUT2D eigenvalue weighted by Gasteiger charge is 2.21. The third-order valence-electron chi connectivity index (χ3n) is 3.49. The summed E-state index contributed by atoms with van der Waals surface area (Å²) in [6, 6.07) is 9.00. The molecule has 5 nitrogen and oxygen atoms in total. The first kappa shape index (κ1) is 18.2. The summed E-state index contributed by atoms with van der Waals surface area (Å²) in [5, 5.41) is 24.8. The Morgan fingerprint density at radius 2 is 2.00 bits per heavy atom. The molecule has 0 bridgehead atoms. The molecule has 3 atom stereocenters. The molecular formula is C17H26N2O3. The van der Waals surface area contributed by atoms with E-state index in [9.17, 15) is 9.90 Å². The summed E-state index contributed by atoms with van der Waals surface area (Å²) in [6.07, 6.45) is 1.32. The van der Waals surface area contributed by atoms with Crippen LogP contribution in [0.1, 0.15) is 18.9 Å². The number of aliphatic hydroxyl groups is 1. The first-order valence-electron chi connectivity index (χ1n) is 7.56. The standard InChI is InChI=1S/C17H26N2O3/c1-3-7-13(2)11-18-12-16(20)15(19-17(21)22)10-14-8-5-4-6-9-14/h3-6,8-9,13,15-16,18-20H,1,7,10-12H2,2H3,(H,21,22)/t13?,15?,16-/m1/s1. The molecule has 1 rings (SSSR count). The molecule has 2 unspecified atom stereocenters. The lowest BCUT2D eigenvalue weighted by atomic mass is 10.0. The van der Waals surface area contributed by atoms with Crippen molar-refractivity contribution in [3.63, 3.8) is 0 Å². The summed E-state index contributed by atoms with van der Waals surface area (Å²) in [5.41, 5.74) is 0.986. The van der Waals surface area contributed by atoms with Crippen molar-refractivity contribution in [3.05, 3.63) is 48.6 Å². The Morgan fingerprint density at radius 3 is 2.59 bits per heavy atom. The molecule has 0 aliphatic heterocycles. The highest BCUT2D eigenvalue weighted by molar-refractivity contribution is 5.65. The molecule has 0 spiro atoms. The predicted molar refractivity (Wildman–Crippen MR) is 87.9 cm³/mol. The number of allylic oxidation sites excluding steroid dienone is 1. The molecule has 22 heavy (non-hydrogen) atoms. The SMILES string of the molecule is C=CCC(C)CNC[C@@H](O)C(Cc1ccccc1)NC(=O)O. The number of hydrogen-bond acceptors (Lipinski definition) is 3. The van der Waals surface area contributed by atoms with Crippen LogP contribution < -0.4 is 10.6 Å². The maximum atomic E-state index is 10.9. The maximum absolute atomic E-state index is 10.9. The number of hydrogen-bond donors (Lipinski definition) is 4. The molecule has 0 aromatic heterocycles. The van der Waals surface area contributed by atoms with Gasteiger partial charge in [-0.15, -0.1) is 6.58 Å². The van der Waals surface area contributed by atoms with Gasteiger partial charge in [0.2, 0.25) is 0 Å². The average Bonchev–Trinajstić information content (AvgIpc) is 2.47. The molecule has 1 aromatic rings. The van der Waals surface area contributed by atoms with Crippen molar-refractivity contribution in [3.8, 4) is 0 Å². The van der Waals surface area contributed by atoms with Gasteiger partial charge in [-0.3, -0.25) is 0 Å². The second-order valence-electron chi connectivity index (χ2n) is 5.60. The zero-order chi connectivity index (χ0) is 16.4. The fourth-order valence-corrected chi connectivity index (χ4v) is 2.30. The molecule has 0 heterocycles. The van der Waals surface area contributed by atoms with Crippen LogP contribution in [0.15, 0.2) is 43.0 Å². The Kier molecular flexibility index (Phi) is 8.25. The molecule has 4 N–H and O–H groups in total. The first-order chi connectivity index (χ1) is 10.5. The Bertz CT molecular complexity index is 450. The van der Waals surface area contributed by atoms with Crippen LogP contribution in [0.3, 0.4) is 0 Å². The van der Waals surface area contributed by atoms with E-state index in [0.29, 0.717) is 18.9 Å². The first-order valence-corrected chi connectivity index (χ1v) is 7.56. The van der Waals surface area contributed by atoms with Crippen molar-refractivity contribution in [1.29, 1.82) is 0 Å². The number of aliphatic hydroxyl groups excluding tert-OH is 1. The van der Waals surface area contributed by atoms with E-state index in [-0.39, 0.29) is 0 Å². The number of carbonyl (C=O) groups is 1. The molecule has 1 amide bonds. The fraction of sp³-hybridized carbons (Fsp3) is 0.471. The van der Waals surface area contributed by atoms with E-state index in [1.54, 1.807) is 0 Å². The van der Waals surface area contributed by atoms with Gasteiger partial charge in [-0.05, 0) is 30.9 Å². The zero-order valence-electron chi connectivity index (χ0n) is 13.0. The van der Waals surface area contributed by atoms with Crippen LogP contribution in [0.2, 0.25) is 0 Å². The molecule has 0 fully saturated rings. The van der Waals surface area contributed by atoms with E-state index in [2.05, 4.69) is 24.1 Å². The van der Waals surface area contributed by atoms with Crippen LogP contribution in [0.5, 0.6) is 0 Å². The lowest BCUT2D eigenvalue weighted by molar-refractivity contribution is 0.117. The molecule has 0 radical (unpaired) electrons. The van der Waals surface area contributed by atoms with Gasteiger partial charge in [0, 0.05) is 6.54 Å². The number of benzene rings is 1. The summed E-state index contributed by atoms with van der Waals surface area (Å²) < 4.78 is 0. The van der Waals surface area contributed by atoms with Crippen molar-refractivity contribution in [2.75, 3.05) is 13.1 Å². The minimum atomic E-state index is -1.12. The summed E-state index contributed by atoms with van der Waals surface area (Å²) >= 11 is 0. The summed E-state index contributed by atoms with van der Waals surface area (Å²) in [6.45, 7) is 6.90. The lowest BCUT2D eigenvalue weighted by Gasteiger charge is -2.24. The highest BCUT2D eigenvalue weighted by Crippen LogP contribution is 2.07. The molecule has 0 saturated carbocycles. The van der Waals surface area contributed by atoms with Gasteiger partial charge in [-0.1, -0.05) is 43.3 Å². The average molecular weight is 306 g/mol. The Hall–Kier alpha value is -1.85. The summed E-state index contributed by atoms with van der Waals surface area (Å²) in [7, 11) is 0. The van der Waals surface area contributed by atoms with Crippen LogP contribution in [-0.2, 0) is 6.42 Å².